The van der Waals surface area contributed by atoms with E-state index in [1.807, 2.05) is 0 Å². The predicted molar refractivity (Wildman–Crippen MR) is 56.4 cm³/mol. The van der Waals surface area contributed by atoms with Gasteiger partial charge in [-0.3, -0.25) is 14.5 Å². The number of hydrogen-bond acceptors (Lipinski definition) is 3. The highest BCUT2D eigenvalue weighted by Gasteiger charge is 2.67. The highest BCUT2D eigenvalue weighted by Crippen LogP contribution is 2.53. The fraction of sp³-hybridized carbons (Fsp3) is 0.333. The Bertz CT molecular complexity index is 477. The Morgan fingerprint density at radius 2 is 1.65 bits per heavy atom. The molecular weight excluding hydrogens is 225 g/mol. The van der Waals surface area contributed by atoms with E-state index >= 15 is 0 Å². The van der Waals surface area contributed by atoms with Gasteiger partial charge < -0.3 is 5.11 Å². The highest BCUT2D eigenvalue weighted by molar-refractivity contribution is 6.25. The van der Waals surface area contributed by atoms with E-state index in [0.717, 1.165) is 4.90 Å². The van der Waals surface area contributed by atoms with Crippen molar-refractivity contribution in [1.29, 1.82) is 0 Å². The summed E-state index contributed by atoms with van der Waals surface area (Å²) in [4.78, 5) is 24.9. The molecule has 3 rings (SSSR count). The van der Waals surface area contributed by atoms with Crippen molar-refractivity contribution in [2.75, 3.05) is 11.5 Å². The van der Waals surface area contributed by atoms with Crippen LogP contribution in [0.3, 0.4) is 0 Å². The monoisotopic (exact) mass is 235 g/mol. The third kappa shape index (κ3) is 1.32. The van der Waals surface area contributed by atoms with Crippen LogP contribution in [0.5, 0.6) is 0 Å². The molecule has 88 valence electrons. The molecule has 1 N–H and O–H groups in total. The molecule has 4 nitrogen and oxygen atoms in total. The Labute approximate surface area is 96.7 Å². The summed E-state index contributed by atoms with van der Waals surface area (Å²) in [6.45, 7) is -0.135. The fourth-order valence-corrected chi connectivity index (χ4v) is 2.53. The van der Waals surface area contributed by atoms with Crippen molar-refractivity contribution < 1.29 is 19.1 Å². The van der Waals surface area contributed by atoms with Crippen LogP contribution >= 0.6 is 0 Å². The topological polar surface area (TPSA) is 57.6 Å². The first-order chi connectivity index (χ1) is 8.15. The van der Waals surface area contributed by atoms with E-state index in [1.165, 1.54) is 24.3 Å². The molecule has 2 fully saturated rings. The third-order valence-electron chi connectivity index (χ3n) is 3.48. The molecule has 5 heteroatoms. The molecular formula is C12H10FNO3. The number of carbonyl (C=O) groups is 2. The molecule has 1 aliphatic heterocycles. The van der Waals surface area contributed by atoms with Gasteiger partial charge in [-0.25, -0.2) is 4.39 Å². The number of anilines is 1. The van der Waals surface area contributed by atoms with Gasteiger partial charge in [0.05, 0.1) is 17.5 Å². The molecule has 0 radical (unpaired) electrons. The second kappa shape index (κ2) is 3.37. The van der Waals surface area contributed by atoms with Crippen LogP contribution in [0, 0.1) is 23.6 Å². The molecule has 17 heavy (non-hydrogen) atoms. The SMILES string of the molecule is O=C1C2C(CO)C2C(=O)N1c1ccc(F)cc1. The summed E-state index contributed by atoms with van der Waals surface area (Å²) in [5.41, 5.74) is 0.394. The van der Waals surface area contributed by atoms with Crippen LogP contribution in [0.15, 0.2) is 24.3 Å². The van der Waals surface area contributed by atoms with Crippen molar-refractivity contribution in [3.63, 3.8) is 0 Å². The van der Waals surface area contributed by atoms with E-state index in [-0.39, 0.29) is 36.2 Å². The normalized spacial score (nSPS) is 30.7. The van der Waals surface area contributed by atoms with Crippen LogP contribution in [-0.4, -0.2) is 23.5 Å². The zero-order valence-corrected chi connectivity index (χ0v) is 8.84. The van der Waals surface area contributed by atoms with Crippen LogP contribution in [0.1, 0.15) is 0 Å². The minimum Gasteiger partial charge on any atom is -0.396 e. The summed E-state index contributed by atoms with van der Waals surface area (Å²) in [5.74, 6) is -1.95. The summed E-state index contributed by atoms with van der Waals surface area (Å²) >= 11 is 0. The lowest BCUT2D eigenvalue weighted by Gasteiger charge is -2.17. The Morgan fingerprint density at radius 1 is 1.12 bits per heavy atom. The Balaban J connectivity index is 1.90. The maximum absolute atomic E-state index is 12.7. The number of aliphatic hydroxyl groups excluding tert-OH is 1. The van der Waals surface area contributed by atoms with Gasteiger partial charge in [-0.05, 0) is 24.3 Å². The van der Waals surface area contributed by atoms with Crippen LogP contribution in [-0.2, 0) is 9.59 Å². The van der Waals surface area contributed by atoms with E-state index in [2.05, 4.69) is 0 Å². The van der Waals surface area contributed by atoms with Gasteiger partial charge in [-0.2, -0.15) is 0 Å². The number of halogens is 1. The maximum Gasteiger partial charge on any atom is 0.238 e. The summed E-state index contributed by atoms with van der Waals surface area (Å²) in [6, 6.07) is 5.24. The molecule has 0 aromatic heterocycles. The van der Waals surface area contributed by atoms with Crippen molar-refractivity contribution in [2.24, 2.45) is 17.8 Å². The molecule has 0 spiro atoms. The minimum atomic E-state index is -0.411. The van der Waals surface area contributed by atoms with Crippen molar-refractivity contribution in [2.45, 2.75) is 0 Å². The smallest absolute Gasteiger partial charge is 0.238 e. The van der Waals surface area contributed by atoms with Gasteiger partial charge in [0.1, 0.15) is 5.82 Å². The average Bonchev–Trinajstić information content (AvgIpc) is 2.99. The molecule has 2 amide bonds. The van der Waals surface area contributed by atoms with Gasteiger partial charge in [0.25, 0.3) is 0 Å². The van der Waals surface area contributed by atoms with E-state index < -0.39 is 5.82 Å². The number of aliphatic hydroxyl groups is 1. The number of nitrogens with zero attached hydrogens (tertiary/aromatic N) is 1. The zero-order chi connectivity index (χ0) is 12.2. The largest absolute Gasteiger partial charge is 0.396 e. The van der Waals surface area contributed by atoms with Gasteiger partial charge in [0.2, 0.25) is 11.8 Å². The summed E-state index contributed by atoms with van der Waals surface area (Å²) < 4.78 is 12.7. The summed E-state index contributed by atoms with van der Waals surface area (Å²) in [7, 11) is 0. The number of fused-ring (bicyclic) bond motifs is 1. The van der Waals surface area contributed by atoms with Crippen molar-refractivity contribution in [3.05, 3.63) is 30.1 Å². The molecule has 1 aliphatic carbocycles. The van der Waals surface area contributed by atoms with Crippen LogP contribution in [0.25, 0.3) is 0 Å². The second-order valence-corrected chi connectivity index (χ2v) is 4.39. The van der Waals surface area contributed by atoms with E-state index in [0.29, 0.717) is 5.69 Å². The van der Waals surface area contributed by atoms with Gasteiger partial charge in [0.15, 0.2) is 0 Å². The van der Waals surface area contributed by atoms with Crippen LogP contribution in [0.2, 0.25) is 0 Å². The van der Waals surface area contributed by atoms with Crippen LogP contribution in [0.4, 0.5) is 10.1 Å². The number of amides is 2. The number of imide groups is 1. The van der Waals surface area contributed by atoms with Crippen molar-refractivity contribution in [1.82, 2.24) is 0 Å². The van der Waals surface area contributed by atoms with Gasteiger partial charge >= 0.3 is 0 Å². The lowest BCUT2D eigenvalue weighted by Crippen LogP contribution is -2.35. The Hall–Kier alpha value is -1.75. The van der Waals surface area contributed by atoms with Gasteiger partial charge in [-0.15, -0.1) is 0 Å². The lowest BCUT2D eigenvalue weighted by molar-refractivity contribution is -0.124. The maximum atomic E-state index is 12.7. The molecule has 2 aliphatic rings. The Kier molecular flexibility index (Phi) is 2.06. The van der Waals surface area contributed by atoms with E-state index in [9.17, 15) is 14.0 Å². The number of benzene rings is 1. The van der Waals surface area contributed by atoms with E-state index in [4.69, 9.17) is 5.11 Å². The average molecular weight is 235 g/mol. The first-order valence-corrected chi connectivity index (χ1v) is 5.39. The lowest BCUT2D eigenvalue weighted by atomic mass is 10.2. The minimum absolute atomic E-state index is 0.135. The van der Waals surface area contributed by atoms with Crippen molar-refractivity contribution in [3.8, 4) is 0 Å². The zero-order valence-electron chi connectivity index (χ0n) is 8.84. The number of hydrogen-bond donors (Lipinski definition) is 1. The summed E-state index contributed by atoms with van der Waals surface area (Å²) in [5, 5.41) is 8.97. The molecule has 1 saturated carbocycles. The number of rotatable bonds is 2. The standard InChI is InChI=1S/C12H10FNO3/c13-6-1-3-7(4-2-6)14-11(16)9-8(5-15)10(9)12(14)17/h1-4,8-10,15H,5H2. The second-order valence-electron chi connectivity index (χ2n) is 4.39. The molecule has 1 heterocycles. The summed E-state index contributed by atoms with van der Waals surface area (Å²) in [6.07, 6.45) is 0. The highest BCUT2D eigenvalue weighted by atomic mass is 19.1. The molecule has 0 bridgehead atoms. The number of piperidine rings is 1. The molecule has 2 unspecified atom stereocenters. The first kappa shape index (κ1) is 10.4. The van der Waals surface area contributed by atoms with Gasteiger partial charge in [0, 0.05) is 12.5 Å². The third-order valence-corrected chi connectivity index (χ3v) is 3.48. The predicted octanol–water partition coefficient (Wildman–Crippen LogP) is 0.553. The quantitative estimate of drug-likeness (QED) is 0.762. The molecule has 2 atom stereocenters. The van der Waals surface area contributed by atoms with E-state index in [1.54, 1.807) is 0 Å². The Morgan fingerprint density at radius 3 is 2.12 bits per heavy atom. The molecule has 1 saturated heterocycles. The molecule has 1 aromatic rings. The first-order valence-electron chi connectivity index (χ1n) is 5.39. The van der Waals surface area contributed by atoms with Gasteiger partial charge in [-0.1, -0.05) is 0 Å². The van der Waals surface area contributed by atoms with Crippen molar-refractivity contribution >= 4 is 17.5 Å². The molecule has 1 aromatic carbocycles. The number of carbonyl (C=O) groups excluding carboxylic acids is 2. The fourth-order valence-electron chi connectivity index (χ4n) is 2.53. The van der Waals surface area contributed by atoms with Crippen LogP contribution < -0.4 is 4.90 Å².